The Labute approximate surface area is 127 Å². The monoisotopic (exact) mass is 307 g/mol. The van der Waals surface area contributed by atoms with E-state index in [1.165, 1.54) is 12.1 Å². The van der Waals surface area contributed by atoms with E-state index in [9.17, 15) is 18.0 Å². The van der Waals surface area contributed by atoms with Gasteiger partial charge in [0.1, 0.15) is 0 Å². The van der Waals surface area contributed by atoms with Crippen molar-refractivity contribution in [2.24, 2.45) is 0 Å². The van der Waals surface area contributed by atoms with E-state index in [4.69, 9.17) is 0 Å². The molecule has 1 amide bonds. The van der Waals surface area contributed by atoms with Gasteiger partial charge in [-0.1, -0.05) is 37.3 Å². The van der Waals surface area contributed by atoms with E-state index in [0.29, 0.717) is 11.3 Å². The molecule has 0 atom stereocenters. The SMILES string of the molecule is CCc1ccc(NC(=O)Cc2cccc(C(F)(F)F)c2)cc1. The number of rotatable bonds is 4. The van der Waals surface area contributed by atoms with E-state index < -0.39 is 11.7 Å². The zero-order chi connectivity index (χ0) is 16.2. The molecule has 0 heterocycles. The molecule has 0 aliphatic carbocycles. The van der Waals surface area contributed by atoms with Gasteiger partial charge in [0.25, 0.3) is 0 Å². The van der Waals surface area contributed by atoms with Crippen molar-refractivity contribution in [3.63, 3.8) is 0 Å². The molecular weight excluding hydrogens is 291 g/mol. The molecule has 0 fully saturated rings. The summed E-state index contributed by atoms with van der Waals surface area (Å²) in [5, 5.41) is 2.68. The number of hydrogen-bond acceptors (Lipinski definition) is 1. The van der Waals surface area contributed by atoms with Crippen LogP contribution in [-0.4, -0.2) is 5.91 Å². The number of carbonyl (C=O) groups is 1. The minimum absolute atomic E-state index is 0.0978. The topological polar surface area (TPSA) is 29.1 Å². The number of aryl methyl sites for hydroxylation is 1. The standard InChI is InChI=1S/C17H16F3NO/c1-2-12-6-8-15(9-7-12)21-16(22)11-13-4-3-5-14(10-13)17(18,19)20/h3-10H,2,11H2,1H3,(H,21,22). The number of carbonyl (C=O) groups excluding carboxylic acids is 1. The van der Waals surface area contributed by atoms with Crippen LogP contribution in [0.2, 0.25) is 0 Å². The van der Waals surface area contributed by atoms with Crippen LogP contribution in [0.3, 0.4) is 0 Å². The molecule has 0 bridgehead atoms. The molecule has 0 aromatic heterocycles. The quantitative estimate of drug-likeness (QED) is 0.888. The fourth-order valence-corrected chi connectivity index (χ4v) is 2.07. The van der Waals surface area contributed by atoms with Crippen LogP contribution in [0.15, 0.2) is 48.5 Å². The Hall–Kier alpha value is -2.30. The normalized spacial score (nSPS) is 11.3. The van der Waals surface area contributed by atoms with Crippen molar-refractivity contribution < 1.29 is 18.0 Å². The Morgan fingerprint density at radius 2 is 1.73 bits per heavy atom. The summed E-state index contributed by atoms with van der Waals surface area (Å²) in [6.45, 7) is 2.03. The summed E-state index contributed by atoms with van der Waals surface area (Å²) in [6.07, 6.45) is -3.60. The van der Waals surface area contributed by atoms with Gasteiger partial charge in [0.2, 0.25) is 5.91 Å². The summed E-state index contributed by atoms with van der Waals surface area (Å²) >= 11 is 0. The average molecular weight is 307 g/mol. The van der Waals surface area contributed by atoms with Crippen molar-refractivity contribution >= 4 is 11.6 Å². The number of nitrogens with one attached hydrogen (secondary N) is 1. The van der Waals surface area contributed by atoms with Crippen molar-refractivity contribution in [1.29, 1.82) is 0 Å². The van der Waals surface area contributed by atoms with Crippen molar-refractivity contribution in [3.05, 3.63) is 65.2 Å². The summed E-state index contributed by atoms with van der Waals surface area (Å²) < 4.78 is 37.9. The van der Waals surface area contributed by atoms with Gasteiger partial charge >= 0.3 is 6.18 Å². The van der Waals surface area contributed by atoms with Crippen LogP contribution in [0.5, 0.6) is 0 Å². The summed E-state index contributed by atoms with van der Waals surface area (Å²) in [6, 6.07) is 12.2. The Morgan fingerprint density at radius 3 is 2.32 bits per heavy atom. The molecule has 5 heteroatoms. The first kappa shape index (κ1) is 16.1. The first-order valence-electron chi connectivity index (χ1n) is 6.93. The number of alkyl halides is 3. The lowest BCUT2D eigenvalue weighted by Crippen LogP contribution is -2.15. The Kier molecular flexibility index (Phi) is 4.85. The second kappa shape index (κ2) is 6.64. The molecule has 0 saturated carbocycles. The minimum atomic E-state index is -4.40. The van der Waals surface area contributed by atoms with Crippen LogP contribution in [-0.2, 0) is 23.8 Å². The maximum Gasteiger partial charge on any atom is 0.416 e. The van der Waals surface area contributed by atoms with Crippen molar-refractivity contribution in [2.75, 3.05) is 5.32 Å². The highest BCUT2D eigenvalue weighted by Crippen LogP contribution is 2.29. The Morgan fingerprint density at radius 1 is 1.05 bits per heavy atom. The summed E-state index contributed by atoms with van der Waals surface area (Å²) in [5.74, 6) is -0.344. The first-order chi connectivity index (χ1) is 10.4. The van der Waals surface area contributed by atoms with E-state index in [2.05, 4.69) is 5.32 Å². The molecule has 0 saturated heterocycles. The largest absolute Gasteiger partial charge is 0.416 e. The highest BCUT2D eigenvalue weighted by atomic mass is 19.4. The average Bonchev–Trinajstić information content (AvgIpc) is 2.47. The van der Waals surface area contributed by atoms with Gasteiger partial charge in [0, 0.05) is 5.69 Å². The molecule has 2 aromatic carbocycles. The van der Waals surface area contributed by atoms with E-state index >= 15 is 0 Å². The molecule has 2 rings (SSSR count). The lowest BCUT2D eigenvalue weighted by molar-refractivity contribution is -0.137. The zero-order valence-corrected chi connectivity index (χ0v) is 12.1. The summed E-state index contributed by atoms with van der Waals surface area (Å²) in [5.41, 5.74) is 1.37. The third-order valence-corrected chi connectivity index (χ3v) is 3.26. The predicted molar refractivity (Wildman–Crippen MR) is 79.6 cm³/mol. The summed E-state index contributed by atoms with van der Waals surface area (Å²) in [4.78, 5) is 11.9. The number of anilines is 1. The van der Waals surface area contributed by atoms with Gasteiger partial charge in [-0.15, -0.1) is 0 Å². The van der Waals surface area contributed by atoms with E-state index in [0.717, 1.165) is 24.1 Å². The molecule has 0 spiro atoms. The fraction of sp³-hybridized carbons (Fsp3) is 0.235. The Bertz CT molecular complexity index is 648. The van der Waals surface area contributed by atoms with Crippen LogP contribution >= 0.6 is 0 Å². The van der Waals surface area contributed by atoms with Crippen LogP contribution in [0.1, 0.15) is 23.6 Å². The second-order valence-electron chi connectivity index (χ2n) is 4.97. The van der Waals surface area contributed by atoms with Gasteiger partial charge in [-0.2, -0.15) is 13.2 Å². The molecule has 22 heavy (non-hydrogen) atoms. The van der Waals surface area contributed by atoms with E-state index in [-0.39, 0.29) is 12.3 Å². The van der Waals surface area contributed by atoms with Crippen LogP contribution < -0.4 is 5.32 Å². The van der Waals surface area contributed by atoms with Gasteiger partial charge in [-0.05, 0) is 35.7 Å². The highest BCUT2D eigenvalue weighted by molar-refractivity contribution is 5.92. The molecule has 1 N–H and O–H groups in total. The zero-order valence-electron chi connectivity index (χ0n) is 12.1. The minimum Gasteiger partial charge on any atom is -0.326 e. The Balaban J connectivity index is 2.02. The van der Waals surface area contributed by atoms with Crippen LogP contribution in [0.25, 0.3) is 0 Å². The molecule has 0 aliphatic heterocycles. The molecule has 0 aliphatic rings. The predicted octanol–water partition coefficient (Wildman–Crippen LogP) is 4.45. The third-order valence-electron chi connectivity index (χ3n) is 3.26. The van der Waals surface area contributed by atoms with Gasteiger partial charge in [0.05, 0.1) is 12.0 Å². The number of halogens is 3. The van der Waals surface area contributed by atoms with Crippen molar-refractivity contribution in [3.8, 4) is 0 Å². The van der Waals surface area contributed by atoms with Gasteiger partial charge in [0.15, 0.2) is 0 Å². The van der Waals surface area contributed by atoms with Gasteiger partial charge in [-0.25, -0.2) is 0 Å². The molecule has 116 valence electrons. The maximum absolute atomic E-state index is 12.6. The third kappa shape index (κ3) is 4.35. The second-order valence-corrected chi connectivity index (χ2v) is 4.97. The van der Waals surface area contributed by atoms with Gasteiger partial charge in [-0.3, -0.25) is 4.79 Å². The lowest BCUT2D eigenvalue weighted by atomic mass is 10.1. The van der Waals surface area contributed by atoms with E-state index in [1.54, 1.807) is 12.1 Å². The molecule has 2 aromatic rings. The number of amides is 1. The fourth-order valence-electron chi connectivity index (χ4n) is 2.07. The van der Waals surface area contributed by atoms with Crippen LogP contribution in [0, 0.1) is 0 Å². The van der Waals surface area contributed by atoms with Crippen molar-refractivity contribution in [2.45, 2.75) is 25.9 Å². The smallest absolute Gasteiger partial charge is 0.326 e. The van der Waals surface area contributed by atoms with Crippen LogP contribution in [0.4, 0.5) is 18.9 Å². The molecule has 0 radical (unpaired) electrons. The van der Waals surface area contributed by atoms with E-state index in [1.807, 2.05) is 19.1 Å². The maximum atomic E-state index is 12.6. The molecule has 2 nitrogen and oxygen atoms in total. The first-order valence-corrected chi connectivity index (χ1v) is 6.93. The molecule has 0 unspecified atom stereocenters. The van der Waals surface area contributed by atoms with Gasteiger partial charge < -0.3 is 5.32 Å². The lowest BCUT2D eigenvalue weighted by Gasteiger charge is -2.09. The molecular formula is C17H16F3NO. The number of hydrogen-bond donors (Lipinski definition) is 1. The number of benzene rings is 2. The highest BCUT2D eigenvalue weighted by Gasteiger charge is 2.30. The summed E-state index contributed by atoms with van der Waals surface area (Å²) in [7, 11) is 0. The van der Waals surface area contributed by atoms with Crippen molar-refractivity contribution in [1.82, 2.24) is 0 Å².